The lowest BCUT2D eigenvalue weighted by Crippen LogP contribution is -2.16. The van der Waals surface area contributed by atoms with Gasteiger partial charge in [0.25, 0.3) is 5.22 Å². The summed E-state index contributed by atoms with van der Waals surface area (Å²) in [7, 11) is 0. The quantitative estimate of drug-likeness (QED) is 0.348. The van der Waals surface area contributed by atoms with Crippen LogP contribution in [0.1, 0.15) is 11.6 Å². The van der Waals surface area contributed by atoms with E-state index >= 15 is 0 Å². The third-order valence-corrected chi connectivity index (χ3v) is 2.54. The highest BCUT2D eigenvalue weighted by molar-refractivity contribution is 7.99. The van der Waals surface area contributed by atoms with E-state index in [-0.39, 0.29) is 11.5 Å². The number of nitrogens with zero attached hydrogens (tertiary/aromatic N) is 5. The van der Waals surface area contributed by atoms with Crippen LogP contribution in [-0.4, -0.2) is 31.2 Å². The van der Waals surface area contributed by atoms with Crippen LogP contribution in [0.15, 0.2) is 32.2 Å². The lowest BCUT2D eigenvalue weighted by molar-refractivity contribution is 0.318. The van der Waals surface area contributed by atoms with Crippen molar-refractivity contribution in [2.45, 2.75) is 17.2 Å². The highest BCUT2D eigenvalue weighted by Gasteiger charge is 2.14. The van der Waals surface area contributed by atoms with Crippen LogP contribution >= 0.6 is 11.8 Å². The monoisotopic (exact) mass is 252 g/mol. The maximum absolute atomic E-state index is 8.62. The fourth-order valence-corrected chi connectivity index (χ4v) is 1.80. The summed E-state index contributed by atoms with van der Waals surface area (Å²) in [5.41, 5.74) is 5.73. The van der Waals surface area contributed by atoms with Crippen LogP contribution in [0.3, 0.4) is 0 Å². The zero-order chi connectivity index (χ0) is 12.3. The van der Waals surface area contributed by atoms with Gasteiger partial charge in [0.2, 0.25) is 5.89 Å². The van der Waals surface area contributed by atoms with Crippen molar-refractivity contribution < 1.29 is 9.62 Å². The third-order valence-electron chi connectivity index (χ3n) is 1.71. The molecule has 2 rings (SSSR count). The highest BCUT2D eigenvalue weighted by Crippen LogP contribution is 2.26. The molecule has 0 saturated heterocycles. The number of hydrogen-bond donors (Lipinski definition) is 2. The topological polar surface area (TPSA) is 123 Å². The number of rotatable bonds is 3. The summed E-state index contributed by atoms with van der Waals surface area (Å²) < 4.78 is 5.19. The van der Waals surface area contributed by atoms with Crippen molar-refractivity contribution in [3.05, 3.63) is 24.0 Å². The molecule has 0 aliphatic carbocycles. The minimum absolute atomic E-state index is 0.128. The summed E-state index contributed by atoms with van der Waals surface area (Å²) in [5, 5.41) is 19.7. The predicted molar refractivity (Wildman–Crippen MR) is 57.7 cm³/mol. The van der Waals surface area contributed by atoms with Crippen LogP contribution in [0, 0.1) is 6.92 Å². The Morgan fingerprint density at radius 1 is 1.41 bits per heavy atom. The molecule has 9 heteroatoms. The molecule has 0 saturated carbocycles. The number of aryl methyl sites for hydroxylation is 1. The fourth-order valence-electron chi connectivity index (χ4n) is 1.03. The Labute approximate surface area is 100.0 Å². The molecule has 0 spiro atoms. The zero-order valence-electron chi connectivity index (χ0n) is 8.73. The first kappa shape index (κ1) is 11.3. The Morgan fingerprint density at radius 2 is 2.18 bits per heavy atom. The van der Waals surface area contributed by atoms with E-state index in [0.717, 1.165) is 11.8 Å². The average Bonchev–Trinajstić information content (AvgIpc) is 2.74. The zero-order valence-corrected chi connectivity index (χ0v) is 9.55. The Bertz CT molecular complexity index is 554. The van der Waals surface area contributed by atoms with Gasteiger partial charge in [0, 0.05) is 19.3 Å². The Balaban J connectivity index is 2.32. The van der Waals surface area contributed by atoms with E-state index in [1.54, 1.807) is 6.92 Å². The number of oxime groups is 1. The standard InChI is InChI=1S/C8H8N6O2S/c1-4-12-13-8(16-4)17-7-5(6(9)14-15)10-2-3-11-7/h2-3,15H,1H3,(H2,9,14). The van der Waals surface area contributed by atoms with E-state index in [2.05, 4.69) is 25.3 Å². The molecule has 0 atom stereocenters. The first-order chi connectivity index (χ1) is 8.20. The van der Waals surface area contributed by atoms with Crippen LogP contribution in [0.25, 0.3) is 0 Å². The molecular formula is C8H8N6O2S. The molecule has 0 fully saturated rings. The van der Waals surface area contributed by atoms with Gasteiger partial charge in [0.05, 0.1) is 0 Å². The van der Waals surface area contributed by atoms with E-state index in [9.17, 15) is 0 Å². The summed E-state index contributed by atoms with van der Waals surface area (Å²) in [4.78, 5) is 8.02. The van der Waals surface area contributed by atoms with Crippen molar-refractivity contribution in [2.75, 3.05) is 0 Å². The van der Waals surface area contributed by atoms with Gasteiger partial charge in [0.15, 0.2) is 5.84 Å². The van der Waals surface area contributed by atoms with Crippen molar-refractivity contribution in [3.8, 4) is 0 Å². The van der Waals surface area contributed by atoms with E-state index in [0.29, 0.717) is 16.1 Å². The van der Waals surface area contributed by atoms with Crippen molar-refractivity contribution in [1.82, 2.24) is 20.2 Å². The van der Waals surface area contributed by atoms with Crippen LogP contribution in [0.5, 0.6) is 0 Å². The van der Waals surface area contributed by atoms with Gasteiger partial charge in [-0.05, 0) is 11.8 Å². The largest absolute Gasteiger partial charge is 0.416 e. The van der Waals surface area contributed by atoms with Gasteiger partial charge < -0.3 is 15.4 Å². The van der Waals surface area contributed by atoms with Crippen LogP contribution in [-0.2, 0) is 0 Å². The van der Waals surface area contributed by atoms with Crippen LogP contribution < -0.4 is 5.73 Å². The van der Waals surface area contributed by atoms with E-state index in [1.165, 1.54) is 12.4 Å². The van der Waals surface area contributed by atoms with Gasteiger partial charge in [0.1, 0.15) is 10.7 Å². The predicted octanol–water partition coefficient (Wildman–Crippen LogP) is 0.414. The first-order valence-corrected chi connectivity index (χ1v) is 5.29. The fraction of sp³-hybridized carbons (Fsp3) is 0.125. The second kappa shape index (κ2) is 4.78. The molecule has 88 valence electrons. The Kier molecular flexibility index (Phi) is 3.19. The van der Waals surface area contributed by atoms with Crippen molar-refractivity contribution in [2.24, 2.45) is 10.9 Å². The van der Waals surface area contributed by atoms with Gasteiger partial charge >= 0.3 is 0 Å². The maximum Gasteiger partial charge on any atom is 0.283 e. The summed E-state index contributed by atoms with van der Waals surface area (Å²) >= 11 is 1.09. The molecule has 2 aromatic heterocycles. The van der Waals surface area contributed by atoms with Gasteiger partial charge in [-0.25, -0.2) is 9.97 Å². The normalized spacial score (nSPS) is 11.7. The minimum Gasteiger partial charge on any atom is -0.416 e. The van der Waals surface area contributed by atoms with Gasteiger partial charge in [-0.1, -0.05) is 5.16 Å². The molecule has 3 N–H and O–H groups in total. The number of aromatic nitrogens is 4. The maximum atomic E-state index is 8.62. The molecule has 2 heterocycles. The summed E-state index contributed by atoms with van der Waals surface area (Å²) in [6.45, 7) is 1.68. The van der Waals surface area contributed by atoms with Crippen molar-refractivity contribution in [1.29, 1.82) is 0 Å². The van der Waals surface area contributed by atoms with E-state index < -0.39 is 0 Å². The molecule has 0 aliphatic rings. The summed E-state index contributed by atoms with van der Waals surface area (Å²) in [6, 6.07) is 0. The molecule has 0 radical (unpaired) electrons. The highest BCUT2D eigenvalue weighted by atomic mass is 32.2. The smallest absolute Gasteiger partial charge is 0.283 e. The van der Waals surface area contributed by atoms with E-state index in [1.807, 2.05) is 0 Å². The van der Waals surface area contributed by atoms with Gasteiger partial charge in [-0.15, -0.1) is 10.2 Å². The molecule has 2 aromatic rings. The minimum atomic E-state index is -0.128. The molecule has 0 bridgehead atoms. The summed E-state index contributed by atoms with van der Waals surface area (Å²) in [6.07, 6.45) is 2.93. The molecule has 8 nitrogen and oxygen atoms in total. The average molecular weight is 252 g/mol. The van der Waals surface area contributed by atoms with Gasteiger partial charge in [-0.3, -0.25) is 0 Å². The Morgan fingerprint density at radius 3 is 2.82 bits per heavy atom. The Hall–Kier alpha value is -2.16. The van der Waals surface area contributed by atoms with Gasteiger partial charge in [-0.2, -0.15) is 0 Å². The number of amidine groups is 1. The number of nitrogens with two attached hydrogens (primary N) is 1. The third kappa shape index (κ3) is 2.50. The number of hydrogen-bond acceptors (Lipinski definition) is 8. The SMILES string of the molecule is Cc1nnc(Sc2nccnc2C(N)=NO)o1. The second-order valence-electron chi connectivity index (χ2n) is 2.88. The van der Waals surface area contributed by atoms with Crippen LogP contribution in [0.4, 0.5) is 0 Å². The van der Waals surface area contributed by atoms with Crippen molar-refractivity contribution >= 4 is 17.6 Å². The molecule has 0 aromatic carbocycles. The second-order valence-corrected chi connectivity index (χ2v) is 3.82. The summed E-state index contributed by atoms with van der Waals surface area (Å²) in [5.74, 6) is 0.318. The first-order valence-electron chi connectivity index (χ1n) is 4.47. The molecule has 0 amide bonds. The molecular weight excluding hydrogens is 244 g/mol. The lowest BCUT2D eigenvalue weighted by atomic mass is 10.4. The van der Waals surface area contributed by atoms with E-state index in [4.69, 9.17) is 15.4 Å². The van der Waals surface area contributed by atoms with Crippen molar-refractivity contribution in [3.63, 3.8) is 0 Å². The van der Waals surface area contributed by atoms with Crippen LogP contribution in [0.2, 0.25) is 0 Å². The molecule has 0 unspecified atom stereocenters. The molecule has 17 heavy (non-hydrogen) atoms. The molecule has 0 aliphatic heterocycles. The lowest BCUT2D eigenvalue weighted by Gasteiger charge is -2.01.